The molecule has 0 radical (unpaired) electrons. The van der Waals surface area contributed by atoms with Crippen molar-refractivity contribution >= 4 is 0 Å². The van der Waals surface area contributed by atoms with E-state index in [1.807, 2.05) is 0 Å². The highest BCUT2D eigenvalue weighted by Gasteiger charge is 2.14. The maximum Gasteiger partial charge on any atom is 0.118 e. The molecule has 0 aliphatic carbocycles. The van der Waals surface area contributed by atoms with Crippen LogP contribution in [-0.2, 0) is 4.74 Å². The molecule has 16 heavy (non-hydrogen) atoms. The first-order valence-electron chi connectivity index (χ1n) is 6.66. The average Bonchev–Trinajstić information content (AvgIpc) is 2.38. The number of hydrogen-bond donors (Lipinski definition) is 0. The van der Waals surface area contributed by atoms with Crippen molar-refractivity contribution in [2.24, 2.45) is 11.8 Å². The van der Waals surface area contributed by atoms with E-state index in [1.54, 1.807) is 0 Å². The van der Waals surface area contributed by atoms with Gasteiger partial charge in [-0.2, -0.15) is 0 Å². The van der Waals surface area contributed by atoms with Crippen LogP contribution in [0.4, 0.5) is 0 Å². The number of ether oxygens (including phenoxy) is 1. The third-order valence-electron chi connectivity index (χ3n) is 3.00. The maximum atomic E-state index is 5.88. The lowest BCUT2D eigenvalue weighted by Gasteiger charge is -2.10. The Morgan fingerprint density at radius 1 is 1.44 bits per heavy atom. The van der Waals surface area contributed by atoms with E-state index in [0.29, 0.717) is 5.92 Å². The van der Waals surface area contributed by atoms with E-state index < -0.39 is 0 Å². The molecule has 0 bridgehead atoms. The highest BCUT2D eigenvalue weighted by Crippen LogP contribution is 2.27. The zero-order chi connectivity index (χ0) is 12.0. The smallest absolute Gasteiger partial charge is 0.118 e. The minimum absolute atomic E-state index is 0.597. The van der Waals surface area contributed by atoms with Gasteiger partial charge in [0.05, 0.1) is 6.61 Å². The molecule has 0 aromatic carbocycles. The molecule has 0 aromatic rings. The molecule has 0 aromatic heterocycles. The molecule has 0 amide bonds. The van der Waals surface area contributed by atoms with Crippen LogP contribution in [0.25, 0.3) is 0 Å². The standard InChI is InChI=1S/C15H26O/c1-5-6-14-11-13(4)9-10-16-15(14)8-7-12(2)3/h7-8,12-13H,5-6,9-11H2,1-4H3/b8-7-. The van der Waals surface area contributed by atoms with E-state index in [-0.39, 0.29) is 0 Å². The van der Waals surface area contributed by atoms with Gasteiger partial charge in [0.25, 0.3) is 0 Å². The fourth-order valence-electron chi connectivity index (χ4n) is 2.07. The van der Waals surface area contributed by atoms with Crippen LogP contribution in [0.15, 0.2) is 23.5 Å². The van der Waals surface area contributed by atoms with Crippen LogP contribution < -0.4 is 0 Å². The molecule has 0 spiro atoms. The minimum Gasteiger partial charge on any atom is -0.494 e. The van der Waals surface area contributed by atoms with Crippen molar-refractivity contribution in [3.05, 3.63) is 23.5 Å². The van der Waals surface area contributed by atoms with Gasteiger partial charge in [-0.3, -0.25) is 0 Å². The molecular formula is C15H26O. The molecule has 0 N–H and O–H groups in total. The topological polar surface area (TPSA) is 9.23 Å². The summed E-state index contributed by atoms with van der Waals surface area (Å²) in [7, 11) is 0. The summed E-state index contributed by atoms with van der Waals surface area (Å²) in [5.74, 6) is 2.52. The second-order valence-corrected chi connectivity index (χ2v) is 5.27. The third kappa shape index (κ3) is 4.42. The molecule has 1 rings (SSSR count). The second kappa shape index (κ2) is 6.78. The SMILES string of the molecule is CCCC1=C(/C=C\C(C)C)OCCC(C)C1. The van der Waals surface area contributed by atoms with E-state index in [0.717, 1.165) is 18.3 Å². The minimum atomic E-state index is 0.597. The first kappa shape index (κ1) is 13.3. The molecule has 1 heteroatoms. The normalized spacial score (nSPS) is 22.7. The first-order chi connectivity index (χ1) is 7.63. The summed E-state index contributed by atoms with van der Waals surface area (Å²) in [5.41, 5.74) is 1.52. The lowest BCUT2D eigenvalue weighted by Crippen LogP contribution is -1.96. The van der Waals surface area contributed by atoms with E-state index >= 15 is 0 Å². The predicted molar refractivity (Wildman–Crippen MR) is 70.3 cm³/mol. The summed E-state index contributed by atoms with van der Waals surface area (Å²) in [6.45, 7) is 9.86. The number of hydrogen-bond acceptors (Lipinski definition) is 1. The van der Waals surface area contributed by atoms with Crippen molar-refractivity contribution in [2.45, 2.75) is 53.4 Å². The zero-order valence-corrected chi connectivity index (χ0v) is 11.3. The van der Waals surface area contributed by atoms with Gasteiger partial charge in [-0.25, -0.2) is 0 Å². The largest absolute Gasteiger partial charge is 0.494 e. The fraction of sp³-hybridized carbons (Fsp3) is 0.733. The van der Waals surface area contributed by atoms with Crippen molar-refractivity contribution in [3.8, 4) is 0 Å². The lowest BCUT2D eigenvalue weighted by molar-refractivity contribution is 0.213. The molecule has 1 unspecified atom stereocenters. The van der Waals surface area contributed by atoms with Crippen LogP contribution >= 0.6 is 0 Å². The van der Waals surface area contributed by atoms with E-state index in [9.17, 15) is 0 Å². The molecule has 1 heterocycles. The molecular weight excluding hydrogens is 196 g/mol. The quantitative estimate of drug-likeness (QED) is 0.670. The molecule has 0 fully saturated rings. The second-order valence-electron chi connectivity index (χ2n) is 5.27. The van der Waals surface area contributed by atoms with Crippen molar-refractivity contribution < 1.29 is 4.74 Å². The average molecular weight is 222 g/mol. The lowest BCUT2D eigenvalue weighted by atomic mass is 9.95. The van der Waals surface area contributed by atoms with Crippen LogP contribution in [-0.4, -0.2) is 6.61 Å². The van der Waals surface area contributed by atoms with Crippen molar-refractivity contribution in [1.82, 2.24) is 0 Å². The summed E-state index contributed by atoms with van der Waals surface area (Å²) in [4.78, 5) is 0. The van der Waals surface area contributed by atoms with Gasteiger partial charge in [0.2, 0.25) is 0 Å². The van der Waals surface area contributed by atoms with Crippen molar-refractivity contribution in [3.63, 3.8) is 0 Å². The van der Waals surface area contributed by atoms with Gasteiger partial charge in [-0.05, 0) is 42.7 Å². The van der Waals surface area contributed by atoms with Gasteiger partial charge in [0, 0.05) is 0 Å². The summed E-state index contributed by atoms with van der Waals surface area (Å²) in [5, 5.41) is 0. The van der Waals surface area contributed by atoms with Crippen LogP contribution in [0, 0.1) is 11.8 Å². The van der Waals surface area contributed by atoms with Gasteiger partial charge >= 0.3 is 0 Å². The summed E-state index contributed by atoms with van der Waals surface area (Å²) < 4.78 is 5.88. The molecule has 1 aliphatic heterocycles. The van der Waals surface area contributed by atoms with Crippen LogP contribution in [0.5, 0.6) is 0 Å². The van der Waals surface area contributed by atoms with Crippen LogP contribution in [0.1, 0.15) is 53.4 Å². The Kier molecular flexibility index (Phi) is 5.65. The number of allylic oxidation sites excluding steroid dienone is 3. The summed E-state index contributed by atoms with van der Waals surface area (Å²) in [6, 6.07) is 0. The van der Waals surface area contributed by atoms with E-state index in [4.69, 9.17) is 4.74 Å². The van der Waals surface area contributed by atoms with Gasteiger partial charge in [-0.1, -0.05) is 40.2 Å². The van der Waals surface area contributed by atoms with E-state index in [1.165, 1.54) is 31.3 Å². The number of rotatable bonds is 4. The Morgan fingerprint density at radius 2 is 2.19 bits per heavy atom. The molecule has 0 saturated heterocycles. The fourth-order valence-corrected chi connectivity index (χ4v) is 2.07. The third-order valence-corrected chi connectivity index (χ3v) is 3.00. The first-order valence-corrected chi connectivity index (χ1v) is 6.66. The van der Waals surface area contributed by atoms with Gasteiger partial charge in [-0.15, -0.1) is 0 Å². The van der Waals surface area contributed by atoms with Crippen molar-refractivity contribution in [1.29, 1.82) is 0 Å². The van der Waals surface area contributed by atoms with Gasteiger partial charge < -0.3 is 4.74 Å². The maximum absolute atomic E-state index is 5.88. The van der Waals surface area contributed by atoms with Gasteiger partial charge in [0.15, 0.2) is 0 Å². The summed E-state index contributed by atoms with van der Waals surface area (Å²) >= 11 is 0. The highest BCUT2D eigenvalue weighted by atomic mass is 16.5. The molecule has 92 valence electrons. The molecule has 0 saturated carbocycles. The molecule has 1 nitrogen and oxygen atoms in total. The Hall–Kier alpha value is -0.720. The molecule has 1 aliphatic rings. The molecule has 1 atom stereocenters. The Balaban J connectivity index is 2.80. The Bertz CT molecular complexity index is 261. The van der Waals surface area contributed by atoms with Crippen LogP contribution in [0.3, 0.4) is 0 Å². The predicted octanol–water partition coefficient (Wildman–Crippen LogP) is 4.70. The monoisotopic (exact) mass is 222 g/mol. The Morgan fingerprint density at radius 3 is 2.81 bits per heavy atom. The van der Waals surface area contributed by atoms with Crippen LogP contribution in [0.2, 0.25) is 0 Å². The summed E-state index contributed by atoms with van der Waals surface area (Å²) in [6.07, 6.45) is 9.22. The Labute approximate surface area is 101 Å². The van der Waals surface area contributed by atoms with Gasteiger partial charge in [0.1, 0.15) is 5.76 Å². The zero-order valence-electron chi connectivity index (χ0n) is 11.3. The highest BCUT2D eigenvalue weighted by molar-refractivity contribution is 5.22. The van der Waals surface area contributed by atoms with E-state index in [2.05, 4.69) is 39.8 Å². The van der Waals surface area contributed by atoms with Crippen molar-refractivity contribution in [2.75, 3.05) is 6.61 Å².